The highest BCUT2D eigenvalue weighted by Gasteiger charge is 2.25. The van der Waals surface area contributed by atoms with E-state index in [1.165, 1.54) is 11.8 Å². The van der Waals surface area contributed by atoms with E-state index in [4.69, 9.17) is 4.42 Å². The van der Waals surface area contributed by atoms with Crippen LogP contribution in [0.5, 0.6) is 0 Å². The van der Waals surface area contributed by atoms with E-state index < -0.39 is 0 Å². The highest BCUT2D eigenvalue weighted by Crippen LogP contribution is 2.12. The fourth-order valence-corrected chi connectivity index (χ4v) is 3.28. The van der Waals surface area contributed by atoms with Gasteiger partial charge in [-0.2, -0.15) is 0 Å². The van der Waals surface area contributed by atoms with Crippen LogP contribution in [0.15, 0.2) is 56.5 Å². The quantitative estimate of drug-likeness (QED) is 0.375. The highest BCUT2D eigenvalue weighted by molar-refractivity contribution is 14.0. The third-order valence-corrected chi connectivity index (χ3v) is 4.64. The first-order chi connectivity index (χ1) is 12.2. The Balaban J connectivity index is 0.00000243. The number of carbonyl (C=O) groups excluding carboxylic acids is 1. The van der Waals surface area contributed by atoms with Gasteiger partial charge in [-0.05, 0) is 29.8 Å². The topological polar surface area (TPSA) is 61.1 Å². The molecule has 3 rings (SSSR count). The normalized spacial score (nSPS) is 14.8. The van der Waals surface area contributed by atoms with Gasteiger partial charge < -0.3 is 19.5 Å². The average molecular weight is 533 g/mol. The third kappa shape index (κ3) is 5.23. The smallest absolute Gasteiger partial charge is 0.289 e. The van der Waals surface area contributed by atoms with E-state index in [-0.39, 0.29) is 29.9 Å². The van der Waals surface area contributed by atoms with E-state index in [9.17, 15) is 4.79 Å². The van der Waals surface area contributed by atoms with Crippen molar-refractivity contribution in [3.8, 4) is 0 Å². The van der Waals surface area contributed by atoms with Crippen molar-refractivity contribution in [1.82, 2.24) is 15.1 Å². The van der Waals surface area contributed by atoms with Crippen molar-refractivity contribution in [2.45, 2.75) is 6.54 Å². The standard InChI is InChI=1S/C18H21BrN4O2.HI/c1-20-18(21-13-14-4-2-5-15(19)12-14)23-9-7-22(8-10-23)17(24)16-6-3-11-25-16;/h2-6,11-12H,7-10,13H2,1H3,(H,20,21);1H. The molecular formula is C18H22BrIN4O2. The molecule has 1 fully saturated rings. The number of hydrogen-bond acceptors (Lipinski definition) is 3. The minimum absolute atomic E-state index is 0. The lowest BCUT2D eigenvalue weighted by molar-refractivity contribution is 0.0657. The molecule has 2 aromatic rings. The first-order valence-corrected chi connectivity index (χ1v) is 8.99. The molecule has 0 aliphatic carbocycles. The van der Waals surface area contributed by atoms with E-state index in [2.05, 4.69) is 43.3 Å². The van der Waals surface area contributed by atoms with Gasteiger partial charge in [0.15, 0.2) is 11.7 Å². The second-order valence-corrected chi connectivity index (χ2v) is 6.70. The van der Waals surface area contributed by atoms with Crippen LogP contribution < -0.4 is 5.32 Å². The summed E-state index contributed by atoms with van der Waals surface area (Å²) in [5.74, 6) is 1.19. The SMILES string of the molecule is CN=C(NCc1cccc(Br)c1)N1CCN(C(=O)c2ccco2)CC1.I. The Hall–Kier alpha value is -1.55. The zero-order valence-electron chi connectivity index (χ0n) is 14.5. The first-order valence-electron chi connectivity index (χ1n) is 8.20. The predicted molar refractivity (Wildman–Crippen MR) is 116 cm³/mol. The maximum atomic E-state index is 12.3. The summed E-state index contributed by atoms with van der Waals surface area (Å²) in [5, 5.41) is 3.39. The van der Waals surface area contributed by atoms with Crippen molar-refractivity contribution in [3.63, 3.8) is 0 Å². The fourth-order valence-electron chi connectivity index (χ4n) is 2.84. The molecule has 1 N–H and O–H groups in total. The average Bonchev–Trinajstić information content (AvgIpc) is 3.17. The molecule has 0 spiro atoms. The highest BCUT2D eigenvalue weighted by atomic mass is 127. The summed E-state index contributed by atoms with van der Waals surface area (Å²) >= 11 is 3.49. The number of guanidine groups is 1. The number of hydrogen-bond donors (Lipinski definition) is 1. The van der Waals surface area contributed by atoms with E-state index in [1.54, 1.807) is 19.2 Å². The molecule has 1 aliphatic heterocycles. The summed E-state index contributed by atoms with van der Waals surface area (Å²) < 4.78 is 6.26. The van der Waals surface area contributed by atoms with Gasteiger partial charge in [-0.15, -0.1) is 24.0 Å². The summed E-state index contributed by atoms with van der Waals surface area (Å²) in [6.07, 6.45) is 1.52. The lowest BCUT2D eigenvalue weighted by Crippen LogP contribution is -2.53. The predicted octanol–water partition coefficient (Wildman–Crippen LogP) is 3.19. The summed E-state index contributed by atoms with van der Waals surface area (Å²) in [5.41, 5.74) is 1.18. The van der Waals surface area contributed by atoms with E-state index in [1.807, 2.05) is 17.0 Å². The van der Waals surface area contributed by atoms with Crippen LogP contribution in [0.4, 0.5) is 0 Å². The number of halogens is 2. The van der Waals surface area contributed by atoms with Gasteiger partial charge in [0.25, 0.3) is 5.91 Å². The molecular weight excluding hydrogens is 511 g/mol. The largest absolute Gasteiger partial charge is 0.459 e. The summed E-state index contributed by atoms with van der Waals surface area (Å²) in [7, 11) is 1.78. The van der Waals surface area contributed by atoms with Crippen molar-refractivity contribution in [2.24, 2.45) is 4.99 Å². The van der Waals surface area contributed by atoms with Gasteiger partial charge in [-0.1, -0.05) is 28.1 Å². The van der Waals surface area contributed by atoms with Crippen LogP contribution in [0.1, 0.15) is 16.1 Å². The Kier molecular flexibility index (Phi) is 7.95. The minimum Gasteiger partial charge on any atom is -0.459 e. The molecule has 0 atom stereocenters. The number of benzene rings is 1. The molecule has 1 aromatic carbocycles. The maximum absolute atomic E-state index is 12.3. The van der Waals surface area contributed by atoms with Crippen LogP contribution >= 0.6 is 39.9 Å². The van der Waals surface area contributed by atoms with Crippen molar-refractivity contribution in [3.05, 3.63) is 58.5 Å². The van der Waals surface area contributed by atoms with Crippen LogP contribution in [0.25, 0.3) is 0 Å². The number of carbonyl (C=O) groups is 1. The van der Waals surface area contributed by atoms with Crippen LogP contribution in [0.3, 0.4) is 0 Å². The van der Waals surface area contributed by atoms with E-state index in [0.717, 1.165) is 23.5 Å². The van der Waals surface area contributed by atoms with Gasteiger partial charge in [0.2, 0.25) is 0 Å². The van der Waals surface area contributed by atoms with Crippen molar-refractivity contribution < 1.29 is 9.21 Å². The van der Waals surface area contributed by atoms with Gasteiger partial charge in [0, 0.05) is 44.2 Å². The number of amides is 1. The number of furan rings is 1. The molecule has 1 aliphatic rings. The lowest BCUT2D eigenvalue weighted by Gasteiger charge is -2.36. The van der Waals surface area contributed by atoms with Crippen LogP contribution in [0, 0.1) is 0 Å². The summed E-state index contributed by atoms with van der Waals surface area (Å²) in [4.78, 5) is 20.7. The van der Waals surface area contributed by atoms with Gasteiger partial charge in [-0.25, -0.2) is 0 Å². The van der Waals surface area contributed by atoms with Crippen molar-refractivity contribution >= 4 is 51.8 Å². The molecule has 2 heterocycles. The van der Waals surface area contributed by atoms with Crippen LogP contribution in [-0.2, 0) is 6.54 Å². The Morgan fingerprint density at radius 3 is 2.54 bits per heavy atom. The zero-order chi connectivity index (χ0) is 17.6. The Morgan fingerprint density at radius 2 is 1.92 bits per heavy atom. The minimum atomic E-state index is -0.0540. The second-order valence-electron chi connectivity index (χ2n) is 5.79. The number of piperazine rings is 1. The number of nitrogens with zero attached hydrogens (tertiary/aromatic N) is 3. The molecule has 6 nitrogen and oxygen atoms in total. The first kappa shape index (κ1) is 20.8. The molecule has 1 aromatic heterocycles. The zero-order valence-corrected chi connectivity index (χ0v) is 18.4. The Bertz CT molecular complexity index is 743. The van der Waals surface area contributed by atoms with Gasteiger partial charge in [0.1, 0.15) is 0 Å². The molecule has 0 radical (unpaired) electrons. The molecule has 1 amide bonds. The van der Waals surface area contributed by atoms with Crippen LogP contribution in [-0.4, -0.2) is 54.9 Å². The third-order valence-electron chi connectivity index (χ3n) is 4.15. The molecule has 1 saturated heterocycles. The van der Waals surface area contributed by atoms with Crippen molar-refractivity contribution in [1.29, 1.82) is 0 Å². The monoisotopic (exact) mass is 532 g/mol. The molecule has 8 heteroatoms. The number of nitrogens with one attached hydrogen (secondary N) is 1. The fraction of sp³-hybridized carbons (Fsp3) is 0.333. The lowest BCUT2D eigenvalue weighted by atomic mass is 10.2. The van der Waals surface area contributed by atoms with Gasteiger partial charge in [0.05, 0.1) is 6.26 Å². The number of aliphatic imine (C=N–C) groups is 1. The van der Waals surface area contributed by atoms with Gasteiger partial charge >= 0.3 is 0 Å². The van der Waals surface area contributed by atoms with E-state index in [0.29, 0.717) is 25.4 Å². The number of rotatable bonds is 3. The second kappa shape index (κ2) is 9.96. The molecule has 0 unspecified atom stereocenters. The Labute approximate surface area is 178 Å². The molecule has 26 heavy (non-hydrogen) atoms. The summed E-state index contributed by atoms with van der Waals surface area (Å²) in [6, 6.07) is 11.6. The molecule has 0 bridgehead atoms. The molecule has 0 saturated carbocycles. The van der Waals surface area contributed by atoms with Gasteiger partial charge in [-0.3, -0.25) is 9.79 Å². The van der Waals surface area contributed by atoms with Crippen molar-refractivity contribution in [2.75, 3.05) is 33.2 Å². The summed E-state index contributed by atoms with van der Waals surface area (Å²) in [6.45, 7) is 3.49. The molecule has 140 valence electrons. The van der Waals surface area contributed by atoms with E-state index >= 15 is 0 Å². The Morgan fingerprint density at radius 1 is 1.19 bits per heavy atom. The maximum Gasteiger partial charge on any atom is 0.289 e. The van der Waals surface area contributed by atoms with Crippen LogP contribution in [0.2, 0.25) is 0 Å².